The molecule has 1 aromatic carbocycles. The lowest BCUT2D eigenvalue weighted by Crippen LogP contribution is -2.36. The van der Waals surface area contributed by atoms with E-state index >= 15 is 0 Å². The first kappa shape index (κ1) is 15.5. The van der Waals surface area contributed by atoms with E-state index in [2.05, 4.69) is 5.32 Å². The lowest BCUT2D eigenvalue weighted by atomic mass is 10.0. The smallest absolute Gasteiger partial charge is 0.234 e. The summed E-state index contributed by atoms with van der Waals surface area (Å²) < 4.78 is 0. The number of hydrogen-bond donors (Lipinski definition) is 2. The Morgan fingerprint density at radius 3 is 2.79 bits per heavy atom. The number of likely N-dealkylation sites (N-methyl/N-ethyl adjacent to an activating group) is 1. The van der Waals surface area contributed by atoms with Crippen LogP contribution in [-0.4, -0.2) is 36.1 Å². The number of aryl methyl sites for hydroxylation is 1. The number of benzene rings is 1. The zero-order valence-electron chi connectivity index (χ0n) is 12.2. The fraction of sp³-hybridized carbons (Fsp3) is 0.533. The molecular weight excluding hydrogens is 240 g/mol. The molecule has 19 heavy (non-hydrogen) atoms. The SMILES string of the molecule is CCCNC(=O)CN(C)C(C)c1cc(C)ccc1O. The maximum absolute atomic E-state index is 11.7. The van der Waals surface area contributed by atoms with Gasteiger partial charge >= 0.3 is 0 Å². The summed E-state index contributed by atoms with van der Waals surface area (Å²) in [5.41, 5.74) is 1.95. The normalized spacial score (nSPS) is 12.5. The summed E-state index contributed by atoms with van der Waals surface area (Å²) in [5.74, 6) is 0.294. The summed E-state index contributed by atoms with van der Waals surface area (Å²) in [7, 11) is 1.89. The van der Waals surface area contributed by atoms with E-state index in [0.717, 1.165) is 17.5 Å². The number of hydrogen-bond acceptors (Lipinski definition) is 3. The van der Waals surface area contributed by atoms with Gasteiger partial charge in [-0.1, -0.05) is 24.6 Å². The van der Waals surface area contributed by atoms with Crippen molar-refractivity contribution in [3.63, 3.8) is 0 Å². The van der Waals surface area contributed by atoms with Crippen LogP contribution in [0.2, 0.25) is 0 Å². The molecule has 2 N–H and O–H groups in total. The van der Waals surface area contributed by atoms with E-state index in [1.165, 1.54) is 0 Å². The van der Waals surface area contributed by atoms with Crippen LogP contribution in [0.5, 0.6) is 5.75 Å². The molecule has 106 valence electrons. The molecule has 0 bridgehead atoms. The van der Waals surface area contributed by atoms with Crippen molar-refractivity contribution >= 4 is 5.91 Å². The highest BCUT2D eigenvalue weighted by Crippen LogP contribution is 2.28. The largest absolute Gasteiger partial charge is 0.508 e. The highest BCUT2D eigenvalue weighted by Gasteiger charge is 2.17. The Hall–Kier alpha value is -1.55. The van der Waals surface area contributed by atoms with Crippen molar-refractivity contribution in [1.82, 2.24) is 10.2 Å². The van der Waals surface area contributed by atoms with Crippen molar-refractivity contribution in [2.45, 2.75) is 33.2 Å². The second-order valence-electron chi connectivity index (χ2n) is 5.00. The van der Waals surface area contributed by atoms with Crippen molar-refractivity contribution in [3.05, 3.63) is 29.3 Å². The van der Waals surface area contributed by atoms with Crippen LogP contribution < -0.4 is 5.32 Å². The van der Waals surface area contributed by atoms with Crippen LogP contribution >= 0.6 is 0 Å². The fourth-order valence-corrected chi connectivity index (χ4v) is 1.93. The molecular formula is C15H24N2O2. The Morgan fingerprint density at radius 2 is 2.16 bits per heavy atom. The Morgan fingerprint density at radius 1 is 1.47 bits per heavy atom. The van der Waals surface area contributed by atoms with Crippen LogP contribution in [0.1, 0.15) is 37.4 Å². The van der Waals surface area contributed by atoms with Gasteiger partial charge in [0, 0.05) is 18.2 Å². The first-order chi connectivity index (χ1) is 8.95. The minimum Gasteiger partial charge on any atom is -0.508 e. The van der Waals surface area contributed by atoms with Gasteiger partial charge in [0.05, 0.1) is 6.54 Å². The fourth-order valence-electron chi connectivity index (χ4n) is 1.93. The van der Waals surface area contributed by atoms with Gasteiger partial charge in [-0.3, -0.25) is 9.69 Å². The summed E-state index contributed by atoms with van der Waals surface area (Å²) >= 11 is 0. The molecule has 0 heterocycles. The van der Waals surface area contributed by atoms with Gasteiger partial charge in [0.15, 0.2) is 0 Å². The first-order valence-electron chi connectivity index (χ1n) is 6.72. The van der Waals surface area contributed by atoms with Crippen LogP contribution in [0.4, 0.5) is 0 Å². The lowest BCUT2D eigenvalue weighted by Gasteiger charge is -2.25. The summed E-state index contributed by atoms with van der Waals surface area (Å²) in [6.45, 7) is 7.04. The molecule has 0 aromatic heterocycles. The quantitative estimate of drug-likeness (QED) is 0.828. The molecule has 1 unspecified atom stereocenters. The van der Waals surface area contributed by atoms with Crippen molar-refractivity contribution in [1.29, 1.82) is 0 Å². The lowest BCUT2D eigenvalue weighted by molar-refractivity contribution is -0.122. The summed E-state index contributed by atoms with van der Waals surface area (Å²) in [6, 6.07) is 5.53. The van der Waals surface area contributed by atoms with Gasteiger partial charge in [-0.15, -0.1) is 0 Å². The van der Waals surface area contributed by atoms with E-state index in [0.29, 0.717) is 13.1 Å². The van der Waals surface area contributed by atoms with E-state index in [1.54, 1.807) is 6.07 Å². The van der Waals surface area contributed by atoms with Gasteiger partial charge in [-0.05, 0) is 33.4 Å². The molecule has 0 aliphatic carbocycles. The second kappa shape index (κ2) is 7.14. The number of rotatable bonds is 6. The van der Waals surface area contributed by atoms with Crippen molar-refractivity contribution in [2.24, 2.45) is 0 Å². The number of aromatic hydroxyl groups is 1. The third-order valence-corrected chi connectivity index (χ3v) is 3.26. The number of nitrogens with one attached hydrogen (secondary N) is 1. The maximum atomic E-state index is 11.7. The maximum Gasteiger partial charge on any atom is 0.234 e. The summed E-state index contributed by atoms with van der Waals surface area (Å²) in [5, 5.41) is 12.8. The zero-order valence-corrected chi connectivity index (χ0v) is 12.2. The number of amides is 1. The van der Waals surface area contributed by atoms with Crippen LogP contribution in [-0.2, 0) is 4.79 Å². The number of carbonyl (C=O) groups is 1. The molecule has 0 fully saturated rings. The Labute approximate surface area is 115 Å². The first-order valence-corrected chi connectivity index (χ1v) is 6.72. The Bertz CT molecular complexity index is 432. The predicted molar refractivity (Wildman–Crippen MR) is 77.2 cm³/mol. The minimum absolute atomic E-state index is 0.00715. The third-order valence-electron chi connectivity index (χ3n) is 3.26. The topological polar surface area (TPSA) is 52.6 Å². The Balaban J connectivity index is 2.68. The van der Waals surface area contributed by atoms with Crippen LogP contribution in [0.15, 0.2) is 18.2 Å². The molecule has 0 saturated carbocycles. The van der Waals surface area contributed by atoms with Gasteiger partial charge in [-0.25, -0.2) is 0 Å². The molecule has 0 spiro atoms. The summed E-state index contributed by atoms with van der Waals surface area (Å²) in [4.78, 5) is 13.6. The molecule has 4 heteroatoms. The molecule has 1 amide bonds. The molecule has 4 nitrogen and oxygen atoms in total. The Kier molecular flexibility index (Phi) is 5.83. The highest BCUT2D eigenvalue weighted by molar-refractivity contribution is 5.78. The zero-order chi connectivity index (χ0) is 14.4. The number of phenolic OH excluding ortho intramolecular Hbond substituents is 1. The molecule has 0 aliphatic rings. The van der Waals surface area contributed by atoms with Crippen molar-refractivity contribution in [2.75, 3.05) is 20.1 Å². The summed E-state index contributed by atoms with van der Waals surface area (Å²) in [6.07, 6.45) is 0.934. The molecule has 0 radical (unpaired) electrons. The minimum atomic E-state index is -0.00715. The van der Waals surface area contributed by atoms with E-state index in [4.69, 9.17) is 0 Å². The predicted octanol–water partition coefficient (Wildman–Crippen LogP) is 2.22. The van der Waals surface area contributed by atoms with E-state index in [9.17, 15) is 9.90 Å². The number of nitrogens with zero attached hydrogens (tertiary/aromatic N) is 1. The van der Waals surface area contributed by atoms with Crippen LogP contribution in [0.25, 0.3) is 0 Å². The molecule has 0 aliphatic heterocycles. The van der Waals surface area contributed by atoms with Gasteiger partial charge in [0.1, 0.15) is 5.75 Å². The van der Waals surface area contributed by atoms with Crippen molar-refractivity contribution in [3.8, 4) is 5.75 Å². The molecule has 0 saturated heterocycles. The van der Waals surface area contributed by atoms with Crippen molar-refractivity contribution < 1.29 is 9.90 Å². The monoisotopic (exact) mass is 264 g/mol. The van der Waals surface area contributed by atoms with E-state index < -0.39 is 0 Å². The third kappa shape index (κ3) is 4.56. The van der Waals surface area contributed by atoms with E-state index in [1.807, 2.05) is 44.9 Å². The standard InChI is InChI=1S/C15H24N2O2/c1-5-8-16-15(19)10-17(4)12(3)13-9-11(2)6-7-14(13)18/h6-7,9,12,18H,5,8,10H2,1-4H3,(H,16,19). The van der Waals surface area contributed by atoms with Gasteiger partial charge in [0.25, 0.3) is 0 Å². The number of carbonyl (C=O) groups excluding carboxylic acids is 1. The van der Waals surface area contributed by atoms with Crippen LogP contribution in [0.3, 0.4) is 0 Å². The van der Waals surface area contributed by atoms with Crippen LogP contribution in [0, 0.1) is 6.92 Å². The average molecular weight is 264 g/mol. The highest BCUT2D eigenvalue weighted by atomic mass is 16.3. The molecule has 1 aromatic rings. The average Bonchev–Trinajstić information content (AvgIpc) is 2.38. The molecule has 1 rings (SSSR count). The van der Waals surface area contributed by atoms with Gasteiger partial charge < -0.3 is 10.4 Å². The van der Waals surface area contributed by atoms with Gasteiger partial charge in [-0.2, -0.15) is 0 Å². The van der Waals surface area contributed by atoms with E-state index in [-0.39, 0.29) is 17.7 Å². The molecule has 1 atom stereocenters. The van der Waals surface area contributed by atoms with Gasteiger partial charge in [0.2, 0.25) is 5.91 Å². The number of phenols is 1. The second-order valence-corrected chi connectivity index (χ2v) is 5.00.